The van der Waals surface area contributed by atoms with Crippen LogP contribution < -0.4 is 16.0 Å². The van der Waals surface area contributed by atoms with Crippen molar-refractivity contribution in [1.82, 2.24) is 5.32 Å². The van der Waals surface area contributed by atoms with Crippen LogP contribution in [0, 0.1) is 0 Å². The molecule has 0 bridgehead atoms. The van der Waals surface area contributed by atoms with Gasteiger partial charge in [0.15, 0.2) is 5.76 Å². The quantitative estimate of drug-likeness (QED) is 0.726. The van der Waals surface area contributed by atoms with Crippen molar-refractivity contribution in [3.63, 3.8) is 0 Å². The van der Waals surface area contributed by atoms with Crippen molar-refractivity contribution in [2.75, 3.05) is 17.2 Å². The SMILES string of the molecule is Cl.O=C(Nc1ccc(NC(=O)C2CC(F)(F)CN2)cc1Cl)c1ccco1. The fraction of sp³-hybridized carbons (Fsp3) is 0.250. The Morgan fingerprint density at radius 1 is 1.27 bits per heavy atom. The zero-order valence-corrected chi connectivity index (χ0v) is 14.8. The third kappa shape index (κ3) is 4.72. The average molecular weight is 406 g/mol. The van der Waals surface area contributed by atoms with Gasteiger partial charge in [0.25, 0.3) is 11.8 Å². The number of alkyl halides is 2. The van der Waals surface area contributed by atoms with E-state index in [1.54, 1.807) is 6.07 Å². The van der Waals surface area contributed by atoms with Gasteiger partial charge in [-0.1, -0.05) is 11.6 Å². The molecule has 0 saturated carbocycles. The number of anilines is 2. The second-order valence-corrected chi connectivity index (χ2v) is 6.02. The van der Waals surface area contributed by atoms with Crippen molar-refractivity contribution in [1.29, 1.82) is 0 Å². The van der Waals surface area contributed by atoms with Gasteiger partial charge in [0.1, 0.15) is 0 Å². The van der Waals surface area contributed by atoms with E-state index >= 15 is 0 Å². The molecule has 3 rings (SSSR count). The van der Waals surface area contributed by atoms with Gasteiger partial charge in [-0.15, -0.1) is 12.4 Å². The van der Waals surface area contributed by atoms with Crippen LogP contribution in [0.15, 0.2) is 41.0 Å². The Morgan fingerprint density at radius 2 is 2.04 bits per heavy atom. The van der Waals surface area contributed by atoms with Crippen LogP contribution in [-0.2, 0) is 4.79 Å². The molecule has 1 fully saturated rings. The van der Waals surface area contributed by atoms with Crippen LogP contribution in [0.25, 0.3) is 0 Å². The van der Waals surface area contributed by atoms with E-state index in [2.05, 4.69) is 16.0 Å². The molecule has 1 aromatic heterocycles. The Morgan fingerprint density at radius 3 is 2.62 bits per heavy atom. The van der Waals surface area contributed by atoms with E-state index in [-0.39, 0.29) is 23.2 Å². The molecule has 26 heavy (non-hydrogen) atoms. The molecule has 140 valence electrons. The summed E-state index contributed by atoms with van der Waals surface area (Å²) in [5.41, 5.74) is 0.662. The monoisotopic (exact) mass is 405 g/mol. The Labute approximate surface area is 158 Å². The topological polar surface area (TPSA) is 83.4 Å². The molecule has 2 amide bonds. The summed E-state index contributed by atoms with van der Waals surface area (Å²) in [6.07, 6.45) is 0.819. The molecular formula is C16H15Cl2F2N3O3. The highest BCUT2D eigenvalue weighted by Crippen LogP contribution is 2.28. The van der Waals surface area contributed by atoms with Crippen molar-refractivity contribution in [2.45, 2.75) is 18.4 Å². The molecule has 0 aliphatic carbocycles. The molecule has 1 saturated heterocycles. The first-order valence-corrected chi connectivity index (χ1v) is 7.78. The molecule has 1 aromatic carbocycles. The normalized spacial score (nSPS) is 18.0. The Bertz CT molecular complexity index is 800. The standard InChI is InChI=1S/C16H14ClF2N3O3.ClH/c17-10-6-9(21-14(23)12-7-16(18,19)8-20-12)3-4-11(10)22-15(24)13-2-1-5-25-13;/h1-6,12,20H,7-8H2,(H,21,23)(H,22,24);1H. The number of nitrogens with one attached hydrogen (secondary N) is 3. The van der Waals surface area contributed by atoms with Gasteiger partial charge in [0.05, 0.1) is 29.6 Å². The van der Waals surface area contributed by atoms with E-state index < -0.39 is 36.7 Å². The van der Waals surface area contributed by atoms with Crippen LogP contribution >= 0.6 is 24.0 Å². The molecule has 1 atom stereocenters. The highest BCUT2D eigenvalue weighted by atomic mass is 35.5. The largest absolute Gasteiger partial charge is 0.459 e. The molecule has 1 aliphatic heterocycles. The maximum absolute atomic E-state index is 13.1. The van der Waals surface area contributed by atoms with Crippen molar-refractivity contribution < 1.29 is 22.8 Å². The predicted molar refractivity (Wildman–Crippen MR) is 95.3 cm³/mol. The number of hydrogen-bond donors (Lipinski definition) is 3. The smallest absolute Gasteiger partial charge is 0.291 e. The molecule has 0 spiro atoms. The van der Waals surface area contributed by atoms with E-state index in [1.807, 2.05) is 0 Å². The summed E-state index contributed by atoms with van der Waals surface area (Å²) in [6, 6.07) is 6.54. The van der Waals surface area contributed by atoms with Gasteiger partial charge in [-0.05, 0) is 30.3 Å². The lowest BCUT2D eigenvalue weighted by Gasteiger charge is -2.13. The number of hydrogen-bond acceptors (Lipinski definition) is 4. The molecule has 3 N–H and O–H groups in total. The van der Waals surface area contributed by atoms with E-state index in [0.717, 1.165) is 0 Å². The van der Waals surface area contributed by atoms with Crippen molar-refractivity contribution in [3.05, 3.63) is 47.4 Å². The van der Waals surface area contributed by atoms with Gasteiger partial charge in [0, 0.05) is 12.1 Å². The lowest BCUT2D eigenvalue weighted by molar-refractivity contribution is -0.118. The van der Waals surface area contributed by atoms with Crippen molar-refractivity contribution >= 4 is 47.2 Å². The Balaban J connectivity index is 0.00000243. The summed E-state index contributed by atoms with van der Waals surface area (Å²) >= 11 is 6.09. The number of carbonyl (C=O) groups excluding carboxylic acids is 2. The average Bonchev–Trinajstić information content (AvgIpc) is 3.19. The second-order valence-electron chi connectivity index (χ2n) is 5.61. The minimum absolute atomic E-state index is 0. The lowest BCUT2D eigenvalue weighted by atomic mass is 10.1. The first kappa shape index (κ1) is 20.2. The molecule has 1 unspecified atom stereocenters. The van der Waals surface area contributed by atoms with Gasteiger partial charge in [-0.3, -0.25) is 14.9 Å². The summed E-state index contributed by atoms with van der Waals surface area (Å²) in [4.78, 5) is 23.9. The van der Waals surface area contributed by atoms with Gasteiger partial charge in [-0.25, -0.2) is 8.78 Å². The highest BCUT2D eigenvalue weighted by Gasteiger charge is 2.42. The molecule has 1 aliphatic rings. The molecule has 2 aromatic rings. The fourth-order valence-corrected chi connectivity index (χ4v) is 2.64. The van der Waals surface area contributed by atoms with Crippen LogP contribution in [0.5, 0.6) is 0 Å². The first-order valence-electron chi connectivity index (χ1n) is 7.40. The van der Waals surface area contributed by atoms with Crippen molar-refractivity contribution in [2.24, 2.45) is 0 Å². The third-order valence-corrected chi connectivity index (χ3v) is 3.97. The summed E-state index contributed by atoms with van der Waals surface area (Å²) in [5.74, 6) is -3.80. The number of amides is 2. The fourth-order valence-electron chi connectivity index (χ4n) is 2.42. The van der Waals surface area contributed by atoms with Gasteiger partial charge in [-0.2, -0.15) is 0 Å². The number of halogens is 4. The number of furan rings is 1. The van der Waals surface area contributed by atoms with Crippen LogP contribution in [-0.4, -0.2) is 30.3 Å². The van der Waals surface area contributed by atoms with E-state index in [9.17, 15) is 18.4 Å². The van der Waals surface area contributed by atoms with Gasteiger partial charge < -0.3 is 15.1 Å². The van der Waals surface area contributed by atoms with Crippen molar-refractivity contribution in [3.8, 4) is 0 Å². The van der Waals surface area contributed by atoms with Gasteiger partial charge in [0.2, 0.25) is 5.91 Å². The van der Waals surface area contributed by atoms with Crippen LogP contribution in [0.1, 0.15) is 17.0 Å². The van der Waals surface area contributed by atoms with Crippen LogP contribution in [0.2, 0.25) is 5.02 Å². The summed E-state index contributed by atoms with van der Waals surface area (Å²) in [6.45, 7) is -0.524. The van der Waals surface area contributed by atoms with Crippen LogP contribution in [0.3, 0.4) is 0 Å². The van der Waals surface area contributed by atoms with E-state index in [4.69, 9.17) is 16.0 Å². The zero-order valence-electron chi connectivity index (χ0n) is 13.2. The summed E-state index contributed by atoms with van der Waals surface area (Å²) in [7, 11) is 0. The van der Waals surface area contributed by atoms with E-state index in [1.165, 1.54) is 30.5 Å². The third-order valence-electron chi connectivity index (χ3n) is 3.66. The Hall–Kier alpha value is -2.16. The highest BCUT2D eigenvalue weighted by molar-refractivity contribution is 6.34. The molecule has 2 heterocycles. The maximum atomic E-state index is 13.1. The second kappa shape index (κ2) is 8.03. The first-order chi connectivity index (χ1) is 11.8. The van der Waals surface area contributed by atoms with E-state index in [0.29, 0.717) is 11.4 Å². The maximum Gasteiger partial charge on any atom is 0.291 e. The minimum atomic E-state index is -2.89. The molecular weight excluding hydrogens is 391 g/mol. The zero-order chi connectivity index (χ0) is 18.0. The number of rotatable bonds is 4. The summed E-state index contributed by atoms with van der Waals surface area (Å²) < 4.78 is 31.3. The number of carbonyl (C=O) groups is 2. The predicted octanol–water partition coefficient (Wildman–Crippen LogP) is 3.54. The molecule has 6 nitrogen and oxygen atoms in total. The number of benzene rings is 1. The van der Waals surface area contributed by atoms with Gasteiger partial charge >= 0.3 is 0 Å². The Kier molecular flexibility index (Phi) is 6.22. The minimum Gasteiger partial charge on any atom is -0.459 e. The lowest BCUT2D eigenvalue weighted by Crippen LogP contribution is -2.35. The summed E-state index contributed by atoms with van der Waals surface area (Å²) in [5, 5.41) is 7.75. The molecule has 10 heteroatoms. The van der Waals surface area contributed by atoms with Crippen LogP contribution in [0.4, 0.5) is 20.2 Å². The molecule has 0 radical (unpaired) electrons.